The van der Waals surface area contributed by atoms with Gasteiger partial charge in [0, 0.05) is 12.7 Å². The van der Waals surface area contributed by atoms with Gasteiger partial charge in [-0.05, 0) is 18.3 Å². The van der Waals surface area contributed by atoms with Crippen LogP contribution in [0.5, 0.6) is 0 Å². The number of nitrogens with one attached hydrogen (secondary N) is 1. The van der Waals surface area contributed by atoms with Crippen molar-refractivity contribution in [2.24, 2.45) is 11.8 Å². The van der Waals surface area contributed by atoms with E-state index in [4.69, 9.17) is 5.11 Å². The highest BCUT2D eigenvalue weighted by Gasteiger charge is 2.22. The van der Waals surface area contributed by atoms with Crippen LogP contribution in [0.3, 0.4) is 0 Å². The van der Waals surface area contributed by atoms with Crippen LogP contribution in [0.2, 0.25) is 0 Å². The van der Waals surface area contributed by atoms with Crippen molar-refractivity contribution in [2.45, 2.75) is 46.7 Å². The molecular weight excluding hydrogens is 258 g/mol. The molecule has 0 aromatic carbocycles. The third-order valence-electron chi connectivity index (χ3n) is 2.76. The van der Waals surface area contributed by atoms with Gasteiger partial charge in [-0.15, -0.1) is 0 Å². The van der Waals surface area contributed by atoms with Gasteiger partial charge in [0.25, 0.3) is 5.91 Å². The van der Waals surface area contributed by atoms with E-state index in [0.29, 0.717) is 17.9 Å². The van der Waals surface area contributed by atoms with Crippen molar-refractivity contribution in [1.82, 2.24) is 15.1 Å². The van der Waals surface area contributed by atoms with Crippen molar-refractivity contribution in [3.63, 3.8) is 0 Å². The molecule has 1 aromatic heterocycles. The number of aliphatic carboxylic acids is 1. The van der Waals surface area contributed by atoms with Crippen LogP contribution < -0.4 is 5.32 Å². The molecule has 1 amide bonds. The molecule has 0 saturated heterocycles. The number of amides is 1. The number of hydrogen-bond donors (Lipinski definition) is 2. The smallest absolute Gasteiger partial charge is 0.326 e. The summed E-state index contributed by atoms with van der Waals surface area (Å²) < 4.78 is 1.69. The number of hydrogen-bond acceptors (Lipinski definition) is 3. The number of carboxylic acid groups (broad SMARTS) is 1. The Morgan fingerprint density at radius 2 is 1.95 bits per heavy atom. The lowest BCUT2D eigenvalue weighted by molar-refractivity contribution is -0.139. The molecule has 1 aromatic rings. The third-order valence-corrected chi connectivity index (χ3v) is 2.76. The Morgan fingerprint density at radius 3 is 2.45 bits per heavy atom. The topological polar surface area (TPSA) is 84.2 Å². The largest absolute Gasteiger partial charge is 0.480 e. The van der Waals surface area contributed by atoms with E-state index in [1.807, 2.05) is 13.8 Å². The van der Waals surface area contributed by atoms with Gasteiger partial charge in [-0.3, -0.25) is 9.48 Å². The Hall–Kier alpha value is -1.85. The molecule has 0 fully saturated rings. The molecule has 0 aliphatic heterocycles. The predicted molar refractivity (Wildman–Crippen MR) is 75.4 cm³/mol. The highest BCUT2D eigenvalue weighted by Crippen LogP contribution is 2.07. The minimum absolute atomic E-state index is 0.195. The molecule has 0 unspecified atom stereocenters. The molecule has 0 aliphatic rings. The molecule has 1 rings (SSSR count). The van der Waals surface area contributed by atoms with E-state index in [9.17, 15) is 9.59 Å². The average Bonchev–Trinajstić information content (AvgIpc) is 2.74. The van der Waals surface area contributed by atoms with Gasteiger partial charge in [0.2, 0.25) is 0 Å². The quantitative estimate of drug-likeness (QED) is 0.797. The zero-order chi connectivity index (χ0) is 15.3. The monoisotopic (exact) mass is 281 g/mol. The van der Waals surface area contributed by atoms with Crippen LogP contribution >= 0.6 is 0 Å². The summed E-state index contributed by atoms with van der Waals surface area (Å²) in [5.41, 5.74) is 0.389. The second-order valence-electron chi connectivity index (χ2n) is 5.84. The fourth-order valence-electron chi connectivity index (χ4n) is 1.89. The highest BCUT2D eigenvalue weighted by atomic mass is 16.4. The number of carboxylic acids is 1. The molecule has 1 atom stereocenters. The first-order valence-electron chi connectivity index (χ1n) is 6.85. The van der Waals surface area contributed by atoms with Crippen LogP contribution in [0.1, 0.15) is 44.5 Å². The van der Waals surface area contributed by atoms with Crippen LogP contribution in [0, 0.1) is 11.8 Å². The zero-order valence-electron chi connectivity index (χ0n) is 12.5. The molecule has 1 heterocycles. The van der Waals surface area contributed by atoms with Crippen LogP contribution in [0.25, 0.3) is 0 Å². The van der Waals surface area contributed by atoms with Crippen molar-refractivity contribution in [3.05, 3.63) is 18.0 Å². The second kappa shape index (κ2) is 7.07. The number of carbonyl (C=O) groups excluding carboxylic acids is 1. The average molecular weight is 281 g/mol. The summed E-state index contributed by atoms with van der Waals surface area (Å²) in [6.45, 7) is 8.68. The van der Waals surface area contributed by atoms with Gasteiger partial charge in [0.05, 0.1) is 11.8 Å². The van der Waals surface area contributed by atoms with Crippen molar-refractivity contribution < 1.29 is 14.7 Å². The predicted octanol–water partition coefficient (Wildman–Crippen LogP) is 1.77. The van der Waals surface area contributed by atoms with Gasteiger partial charge in [-0.2, -0.15) is 5.10 Å². The van der Waals surface area contributed by atoms with Crippen LogP contribution in [-0.2, 0) is 11.3 Å². The first kappa shape index (κ1) is 16.2. The molecule has 0 spiro atoms. The Morgan fingerprint density at radius 1 is 1.30 bits per heavy atom. The Labute approximate surface area is 119 Å². The molecule has 0 bridgehead atoms. The van der Waals surface area contributed by atoms with Crippen LogP contribution in [-0.4, -0.2) is 32.8 Å². The molecule has 0 aliphatic carbocycles. The molecular formula is C14H23N3O3. The normalized spacial score (nSPS) is 12.7. The van der Waals surface area contributed by atoms with E-state index in [-0.39, 0.29) is 5.92 Å². The Bertz CT molecular complexity index is 466. The lowest BCUT2D eigenvalue weighted by atomic mass is 10.0. The minimum atomic E-state index is -1.01. The zero-order valence-corrected chi connectivity index (χ0v) is 12.5. The Kier molecular flexibility index (Phi) is 5.73. The standard InChI is InChI=1S/C14H23N3O3/c1-9(2)5-12(14(19)20)16-13(18)11-6-15-17(8-11)7-10(3)4/h6,8-10,12H,5,7H2,1-4H3,(H,16,18)(H,19,20)/t12-/m1/s1. The maximum atomic E-state index is 12.0. The molecule has 6 nitrogen and oxygen atoms in total. The summed E-state index contributed by atoms with van der Waals surface area (Å²) in [5, 5.41) is 15.7. The summed E-state index contributed by atoms with van der Waals surface area (Å²) in [6, 6.07) is -0.865. The van der Waals surface area contributed by atoms with Gasteiger partial charge in [0.1, 0.15) is 6.04 Å². The summed E-state index contributed by atoms with van der Waals surface area (Å²) in [7, 11) is 0. The van der Waals surface area contributed by atoms with Gasteiger partial charge in [-0.25, -0.2) is 4.79 Å². The maximum absolute atomic E-state index is 12.0. The van der Waals surface area contributed by atoms with E-state index < -0.39 is 17.9 Å². The van der Waals surface area contributed by atoms with Crippen molar-refractivity contribution >= 4 is 11.9 Å². The van der Waals surface area contributed by atoms with Gasteiger partial charge in [-0.1, -0.05) is 27.7 Å². The van der Waals surface area contributed by atoms with Crippen molar-refractivity contribution in [2.75, 3.05) is 0 Å². The lowest BCUT2D eigenvalue weighted by Gasteiger charge is -2.15. The number of nitrogens with zero attached hydrogens (tertiary/aromatic N) is 2. The first-order chi connectivity index (χ1) is 9.29. The molecule has 6 heteroatoms. The summed E-state index contributed by atoms with van der Waals surface area (Å²) >= 11 is 0. The van der Waals surface area contributed by atoms with Gasteiger partial charge >= 0.3 is 5.97 Å². The lowest BCUT2D eigenvalue weighted by Crippen LogP contribution is -2.41. The van der Waals surface area contributed by atoms with Crippen LogP contribution in [0.15, 0.2) is 12.4 Å². The molecule has 112 valence electrons. The maximum Gasteiger partial charge on any atom is 0.326 e. The molecule has 0 radical (unpaired) electrons. The third kappa shape index (κ3) is 5.03. The van der Waals surface area contributed by atoms with Crippen LogP contribution in [0.4, 0.5) is 0 Å². The molecule has 20 heavy (non-hydrogen) atoms. The fraction of sp³-hybridized carbons (Fsp3) is 0.643. The van der Waals surface area contributed by atoms with Gasteiger partial charge in [0.15, 0.2) is 0 Å². The van der Waals surface area contributed by atoms with E-state index >= 15 is 0 Å². The van der Waals surface area contributed by atoms with Gasteiger partial charge < -0.3 is 10.4 Å². The minimum Gasteiger partial charge on any atom is -0.480 e. The van der Waals surface area contributed by atoms with E-state index in [1.165, 1.54) is 6.20 Å². The summed E-state index contributed by atoms with van der Waals surface area (Å²) in [5.74, 6) is -0.784. The fourth-order valence-corrected chi connectivity index (χ4v) is 1.89. The van der Waals surface area contributed by atoms with E-state index in [1.54, 1.807) is 10.9 Å². The number of carbonyl (C=O) groups is 2. The molecule has 2 N–H and O–H groups in total. The first-order valence-corrected chi connectivity index (χ1v) is 6.85. The van der Waals surface area contributed by atoms with Crippen molar-refractivity contribution in [1.29, 1.82) is 0 Å². The van der Waals surface area contributed by atoms with E-state index in [0.717, 1.165) is 6.54 Å². The Balaban J connectivity index is 2.69. The molecule has 0 saturated carbocycles. The second-order valence-corrected chi connectivity index (χ2v) is 5.84. The highest BCUT2D eigenvalue weighted by molar-refractivity contribution is 5.96. The summed E-state index contributed by atoms with van der Waals surface area (Å²) in [4.78, 5) is 23.1. The van der Waals surface area contributed by atoms with E-state index in [2.05, 4.69) is 24.3 Å². The SMILES string of the molecule is CC(C)C[C@@H](NC(=O)c1cnn(CC(C)C)c1)C(=O)O. The summed E-state index contributed by atoms with van der Waals surface area (Å²) in [6.07, 6.45) is 3.51. The number of aromatic nitrogens is 2. The number of rotatable bonds is 7. The van der Waals surface area contributed by atoms with Crippen molar-refractivity contribution in [3.8, 4) is 0 Å².